The van der Waals surface area contributed by atoms with Crippen LogP contribution in [0.3, 0.4) is 0 Å². The third-order valence-electron chi connectivity index (χ3n) is 5.10. The van der Waals surface area contributed by atoms with Gasteiger partial charge in [0, 0.05) is 11.4 Å². The monoisotopic (exact) mass is 423 g/mol. The van der Waals surface area contributed by atoms with Crippen LogP contribution in [0.4, 0.5) is 5.82 Å². The average molecular weight is 424 g/mol. The second-order valence-corrected chi connectivity index (χ2v) is 8.00. The number of nitrogens with one attached hydrogen (secondary N) is 1. The van der Waals surface area contributed by atoms with Gasteiger partial charge in [-0.2, -0.15) is 5.26 Å². The Morgan fingerprint density at radius 3 is 2.70 bits per heavy atom. The highest BCUT2D eigenvalue weighted by Crippen LogP contribution is 2.36. The normalized spacial score (nSPS) is 13.1. The first-order valence-electron chi connectivity index (χ1n) is 9.50. The minimum Gasteiger partial charge on any atom is -0.497 e. The highest BCUT2D eigenvalue weighted by atomic mass is 32.2. The van der Waals surface area contributed by atoms with E-state index < -0.39 is 0 Å². The summed E-state index contributed by atoms with van der Waals surface area (Å²) in [6.07, 6.45) is 2.12. The second-order valence-electron chi connectivity index (χ2n) is 7.05. The number of nitriles is 1. The van der Waals surface area contributed by atoms with E-state index in [-0.39, 0.29) is 11.7 Å². The summed E-state index contributed by atoms with van der Waals surface area (Å²) in [6.45, 7) is 3.80. The van der Waals surface area contributed by atoms with Crippen molar-refractivity contribution in [1.29, 1.82) is 5.26 Å². The molecular formula is C20H21N7O2S. The van der Waals surface area contributed by atoms with Crippen molar-refractivity contribution < 1.29 is 9.53 Å². The van der Waals surface area contributed by atoms with Crippen LogP contribution in [0.5, 0.6) is 5.75 Å². The largest absolute Gasteiger partial charge is 0.497 e. The summed E-state index contributed by atoms with van der Waals surface area (Å²) in [5.41, 5.74) is 2.99. The number of tetrazole rings is 1. The highest BCUT2D eigenvalue weighted by Gasteiger charge is 2.28. The number of amides is 1. The molecule has 30 heavy (non-hydrogen) atoms. The van der Waals surface area contributed by atoms with Gasteiger partial charge in [0.05, 0.1) is 24.5 Å². The van der Waals surface area contributed by atoms with Crippen LogP contribution < -0.4 is 10.1 Å². The van der Waals surface area contributed by atoms with Gasteiger partial charge < -0.3 is 10.1 Å². The molecule has 1 saturated carbocycles. The third kappa shape index (κ3) is 3.76. The number of thioether (sulfide) groups is 1. The zero-order valence-electron chi connectivity index (χ0n) is 16.9. The van der Waals surface area contributed by atoms with E-state index in [1.165, 1.54) is 11.8 Å². The standard InChI is InChI=1S/C20H21N7O2S/c1-12-13(2)26(14-6-8-16(29-3)9-7-14)19(17(12)10-21)22-18(28)11-30-20-23-24-25-27(20)15-4-5-15/h6-9,15H,4-5,11H2,1-3H3,(H,22,28). The number of hydrogen-bond donors (Lipinski definition) is 1. The molecule has 1 amide bonds. The molecule has 0 bridgehead atoms. The van der Waals surface area contributed by atoms with Gasteiger partial charge in [-0.25, -0.2) is 4.68 Å². The molecule has 1 aromatic carbocycles. The van der Waals surface area contributed by atoms with E-state index in [2.05, 4.69) is 26.9 Å². The van der Waals surface area contributed by atoms with Gasteiger partial charge in [0.25, 0.3) is 0 Å². The third-order valence-corrected chi connectivity index (χ3v) is 6.03. The maximum atomic E-state index is 12.7. The number of methoxy groups -OCH3 is 1. The van der Waals surface area contributed by atoms with E-state index in [9.17, 15) is 10.1 Å². The number of benzene rings is 1. The number of anilines is 1. The fourth-order valence-corrected chi connectivity index (χ4v) is 3.99. The number of carbonyl (C=O) groups excluding carboxylic acids is 1. The van der Waals surface area contributed by atoms with Crippen LogP contribution in [-0.4, -0.2) is 43.5 Å². The number of hydrogen-bond acceptors (Lipinski definition) is 7. The number of aromatic nitrogens is 5. The molecule has 0 aliphatic heterocycles. The van der Waals surface area contributed by atoms with Gasteiger partial charge in [-0.15, -0.1) is 5.10 Å². The van der Waals surface area contributed by atoms with Crippen molar-refractivity contribution in [2.45, 2.75) is 37.9 Å². The molecule has 4 rings (SSSR count). The Morgan fingerprint density at radius 1 is 1.33 bits per heavy atom. The lowest BCUT2D eigenvalue weighted by molar-refractivity contribution is -0.113. The summed E-state index contributed by atoms with van der Waals surface area (Å²) in [7, 11) is 1.61. The lowest BCUT2D eigenvalue weighted by Gasteiger charge is -2.13. The van der Waals surface area contributed by atoms with Gasteiger partial charge in [-0.3, -0.25) is 9.36 Å². The highest BCUT2D eigenvalue weighted by molar-refractivity contribution is 7.99. The van der Waals surface area contributed by atoms with Crippen molar-refractivity contribution in [3.63, 3.8) is 0 Å². The molecule has 1 aliphatic rings. The number of rotatable bonds is 7. The van der Waals surface area contributed by atoms with Crippen LogP contribution in [0.2, 0.25) is 0 Å². The van der Waals surface area contributed by atoms with Crippen molar-refractivity contribution in [2.75, 3.05) is 18.2 Å². The number of carbonyl (C=O) groups is 1. The molecule has 1 fully saturated rings. The van der Waals surface area contributed by atoms with Crippen LogP contribution >= 0.6 is 11.8 Å². The maximum absolute atomic E-state index is 12.7. The molecule has 2 heterocycles. The molecular weight excluding hydrogens is 402 g/mol. The van der Waals surface area contributed by atoms with Gasteiger partial charge in [0.15, 0.2) is 0 Å². The molecule has 1 aliphatic carbocycles. The lowest BCUT2D eigenvalue weighted by atomic mass is 10.2. The van der Waals surface area contributed by atoms with Gasteiger partial charge in [0.2, 0.25) is 11.1 Å². The minimum atomic E-state index is -0.228. The van der Waals surface area contributed by atoms with E-state index >= 15 is 0 Å². The predicted molar refractivity (Wildman–Crippen MR) is 112 cm³/mol. The Hall–Kier alpha value is -3.32. The SMILES string of the molecule is COc1ccc(-n2c(C)c(C)c(C#N)c2NC(=O)CSc2nnnn2C2CC2)cc1. The quantitative estimate of drug-likeness (QED) is 0.582. The van der Waals surface area contributed by atoms with Gasteiger partial charge >= 0.3 is 0 Å². The molecule has 1 N–H and O–H groups in total. The topological polar surface area (TPSA) is 111 Å². The summed E-state index contributed by atoms with van der Waals surface area (Å²) < 4.78 is 8.88. The van der Waals surface area contributed by atoms with Gasteiger partial charge in [0.1, 0.15) is 17.6 Å². The second kappa shape index (κ2) is 8.20. The zero-order chi connectivity index (χ0) is 21.3. The molecule has 0 radical (unpaired) electrons. The molecule has 2 aromatic heterocycles. The van der Waals surface area contributed by atoms with Crippen molar-refractivity contribution in [3.05, 3.63) is 41.1 Å². The van der Waals surface area contributed by atoms with E-state index in [1.807, 2.05) is 42.7 Å². The smallest absolute Gasteiger partial charge is 0.236 e. The molecule has 154 valence electrons. The van der Waals surface area contributed by atoms with Crippen molar-refractivity contribution in [2.24, 2.45) is 0 Å². The van der Waals surface area contributed by atoms with Gasteiger partial charge in [-0.1, -0.05) is 11.8 Å². The van der Waals surface area contributed by atoms with Crippen molar-refractivity contribution >= 4 is 23.5 Å². The molecule has 0 spiro atoms. The lowest BCUT2D eigenvalue weighted by Crippen LogP contribution is -2.18. The molecule has 3 aromatic rings. The molecule has 9 nitrogen and oxygen atoms in total. The molecule has 0 unspecified atom stereocenters. The fraction of sp³-hybridized carbons (Fsp3) is 0.350. The minimum absolute atomic E-state index is 0.143. The Bertz CT molecular complexity index is 1120. The summed E-state index contributed by atoms with van der Waals surface area (Å²) in [5, 5.41) is 25.0. The van der Waals surface area contributed by atoms with E-state index in [1.54, 1.807) is 11.8 Å². The summed E-state index contributed by atoms with van der Waals surface area (Å²) in [4.78, 5) is 12.7. The average Bonchev–Trinajstić information content (AvgIpc) is 3.44. The zero-order valence-corrected chi connectivity index (χ0v) is 17.7. The Balaban J connectivity index is 1.57. The number of ether oxygens (including phenoxy) is 1. The summed E-state index contributed by atoms with van der Waals surface area (Å²) in [6, 6.07) is 10.0. The van der Waals surface area contributed by atoms with Crippen LogP contribution in [0.25, 0.3) is 5.69 Å². The Labute approximate surface area is 178 Å². The van der Waals surface area contributed by atoms with Crippen LogP contribution in [0, 0.1) is 25.2 Å². The Morgan fingerprint density at radius 2 is 2.07 bits per heavy atom. The fourth-order valence-electron chi connectivity index (χ4n) is 3.24. The van der Waals surface area contributed by atoms with Gasteiger partial charge in [-0.05, 0) is 66.9 Å². The first-order chi connectivity index (χ1) is 14.5. The van der Waals surface area contributed by atoms with E-state index in [0.29, 0.717) is 22.6 Å². The Kier molecular flexibility index (Phi) is 5.46. The predicted octanol–water partition coefficient (Wildman–Crippen LogP) is 3.03. The number of nitrogens with zero attached hydrogens (tertiary/aromatic N) is 6. The summed E-state index contributed by atoms with van der Waals surface area (Å²) in [5.74, 6) is 1.11. The molecule has 0 atom stereocenters. The first-order valence-corrected chi connectivity index (χ1v) is 10.5. The van der Waals surface area contributed by atoms with Crippen LogP contribution in [-0.2, 0) is 4.79 Å². The van der Waals surface area contributed by atoms with Crippen molar-refractivity contribution in [3.8, 4) is 17.5 Å². The van der Waals surface area contributed by atoms with Crippen molar-refractivity contribution in [1.82, 2.24) is 24.8 Å². The maximum Gasteiger partial charge on any atom is 0.236 e. The molecule has 0 saturated heterocycles. The summed E-state index contributed by atoms with van der Waals surface area (Å²) >= 11 is 1.29. The van der Waals surface area contributed by atoms with E-state index in [0.717, 1.165) is 35.5 Å². The first kappa shape index (κ1) is 20.0. The van der Waals surface area contributed by atoms with E-state index in [4.69, 9.17) is 4.74 Å². The van der Waals surface area contributed by atoms with Crippen LogP contribution in [0.15, 0.2) is 29.4 Å². The molecule has 10 heteroatoms. The van der Waals surface area contributed by atoms with Crippen LogP contribution in [0.1, 0.15) is 35.7 Å².